The fourth-order valence-electron chi connectivity index (χ4n) is 3.53. The second kappa shape index (κ2) is 9.11. The quantitative estimate of drug-likeness (QED) is 0.410. The molecule has 4 rings (SSSR count). The standard InChI is InChI=1S/C23H23N5O2S/c1-28(23(30)20-8-5-13-31-20)21-18-14-16(9-10-19(18)26-27-21)25-22(29)17(11-12-24)15-6-3-2-4-7-15/h2-10,13-14,17H,11-12,24H2,1H3,(H,25,29)(H,26,27). The summed E-state index contributed by atoms with van der Waals surface area (Å²) in [6, 6.07) is 18.7. The van der Waals surface area contributed by atoms with Gasteiger partial charge in [0.25, 0.3) is 5.91 Å². The van der Waals surface area contributed by atoms with Crippen LogP contribution in [-0.2, 0) is 4.79 Å². The molecule has 2 amide bonds. The van der Waals surface area contributed by atoms with Crippen molar-refractivity contribution in [3.8, 4) is 0 Å². The molecule has 2 aromatic heterocycles. The van der Waals surface area contributed by atoms with Crippen LogP contribution in [0.25, 0.3) is 10.9 Å². The highest BCUT2D eigenvalue weighted by Gasteiger charge is 2.22. The molecule has 4 aromatic rings. The molecular formula is C23H23N5O2S. The highest BCUT2D eigenvalue weighted by Crippen LogP contribution is 2.29. The fourth-order valence-corrected chi connectivity index (χ4v) is 4.22. The number of amides is 2. The first-order chi connectivity index (χ1) is 15.1. The summed E-state index contributed by atoms with van der Waals surface area (Å²) in [6.07, 6.45) is 0.549. The summed E-state index contributed by atoms with van der Waals surface area (Å²) in [7, 11) is 1.69. The van der Waals surface area contributed by atoms with Crippen molar-refractivity contribution in [1.29, 1.82) is 0 Å². The number of benzene rings is 2. The number of hydrogen-bond acceptors (Lipinski definition) is 5. The van der Waals surface area contributed by atoms with Crippen molar-refractivity contribution < 1.29 is 9.59 Å². The molecule has 2 aromatic carbocycles. The molecule has 8 heteroatoms. The van der Waals surface area contributed by atoms with Crippen LogP contribution in [0.15, 0.2) is 66.0 Å². The Morgan fingerprint density at radius 3 is 2.68 bits per heavy atom. The molecule has 0 spiro atoms. The van der Waals surface area contributed by atoms with Crippen LogP contribution >= 0.6 is 11.3 Å². The summed E-state index contributed by atoms with van der Waals surface area (Å²) in [6.45, 7) is 0.410. The third kappa shape index (κ3) is 4.35. The summed E-state index contributed by atoms with van der Waals surface area (Å²) in [4.78, 5) is 27.9. The molecular weight excluding hydrogens is 410 g/mol. The predicted molar refractivity (Wildman–Crippen MR) is 125 cm³/mol. The van der Waals surface area contributed by atoms with Gasteiger partial charge < -0.3 is 11.1 Å². The van der Waals surface area contributed by atoms with E-state index in [1.807, 2.05) is 60.0 Å². The summed E-state index contributed by atoms with van der Waals surface area (Å²) >= 11 is 1.38. The largest absolute Gasteiger partial charge is 0.330 e. The fraction of sp³-hybridized carbons (Fsp3) is 0.174. The van der Waals surface area contributed by atoms with E-state index in [9.17, 15) is 9.59 Å². The van der Waals surface area contributed by atoms with E-state index in [2.05, 4.69) is 15.5 Å². The van der Waals surface area contributed by atoms with Crippen LogP contribution in [0.4, 0.5) is 11.5 Å². The van der Waals surface area contributed by atoms with Gasteiger partial charge in [0.15, 0.2) is 5.82 Å². The Bertz CT molecular complexity index is 1190. The first kappa shape index (κ1) is 20.8. The average molecular weight is 434 g/mol. The molecule has 1 unspecified atom stereocenters. The van der Waals surface area contributed by atoms with Gasteiger partial charge in [-0.3, -0.25) is 19.6 Å². The minimum atomic E-state index is -0.339. The lowest BCUT2D eigenvalue weighted by atomic mass is 9.94. The van der Waals surface area contributed by atoms with Crippen molar-refractivity contribution in [2.75, 3.05) is 23.8 Å². The Labute approximate surface area is 183 Å². The number of thiophene rings is 1. The molecule has 0 bridgehead atoms. The number of aromatic nitrogens is 2. The van der Waals surface area contributed by atoms with Gasteiger partial charge in [0, 0.05) is 18.1 Å². The highest BCUT2D eigenvalue weighted by molar-refractivity contribution is 7.12. The molecule has 0 saturated carbocycles. The van der Waals surface area contributed by atoms with Crippen molar-refractivity contribution >= 4 is 45.6 Å². The first-order valence-corrected chi connectivity index (χ1v) is 10.8. The molecule has 1 atom stereocenters. The Kier molecular flexibility index (Phi) is 6.11. The molecule has 0 aliphatic rings. The van der Waals surface area contributed by atoms with E-state index < -0.39 is 0 Å². The molecule has 0 saturated heterocycles. The van der Waals surface area contributed by atoms with Crippen LogP contribution in [0, 0.1) is 0 Å². The summed E-state index contributed by atoms with van der Waals surface area (Å²) in [5, 5.41) is 12.9. The number of carbonyl (C=O) groups excluding carboxylic acids is 2. The zero-order valence-electron chi connectivity index (χ0n) is 17.0. The number of nitrogens with one attached hydrogen (secondary N) is 2. The number of hydrogen-bond donors (Lipinski definition) is 3. The van der Waals surface area contributed by atoms with E-state index in [1.54, 1.807) is 13.1 Å². The molecule has 0 aliphatic heterocycles. The van der Waals surface area contributed by atoms with E-state index in [0.717, 1.165) is 16.5 Å². The Hall–Kier alpha value is -3.49. The topological polar surface area (TPSA) is 104 Å². The summed E-state index contributed by atoms with van der Waals surface area (Å²) < 4.78 is 0. The Morgan fingerprint density at radius 2 is 1.97 bits per heavy atom. The van der Waals surface area contributed by atoms with E-state index >= 15 is 0 Å². The smallest absolute Gasteiger partial charge is 0.269 e. The second-order valence-electron chi connectivity index (χ2n) is 7.18. The number of rotatable bonds is 7. The van der Waals surface area contributed by atoms with Crippen molar-refractivity contribution in [3.05, 3.63) is 76.5 Å². The molecule has 2 heterocycles. The lowest BCUT2D eigenvalue weighted by Crippen LogP contribution is -2.26. The van der Waals surface area contributed by atoms with Gasteiger partial charge in [-0.25, -0.2) is 0 Å². The van der Waals surface area contributed by atoms with Gasteiger partial charge in [-0.05, 0) is 48.2 Å². The van der Waals surface area contributed by atoms with Crippen LogP contribution in [0.1, 0.15) is 27.6 Å². The van der Waals surface area contributed by atoms with E-state index in [-0.39, 0.29) is 17.7 Å². The molecule has 31 heavy (non-hydrogen) atoms. The Morgan fingerprint density at radius 1 is 1.16 bits per heavy atom. The van der Waals surface area contributed by atoms with Crippen LogP contribution in [0.5, 0.6) is 0 Å². The minimum Gasteiger partial charge on any atom is -0.330 e. The van der Waals surface area contributed by atoms with Gasteiger partial charge in [0.1, 0.15) is 0 Å². The summed E-state index contributed by atoms with van der Waals surface area (Å²) in [5.74, 6) is -0.0890. The summed E-state index contributed by atoms with van der Waals surface area (Å²) in [5.41, 5.74) is 8.09. The minimum absolute atomic E-state index is 0.121. The maximum absolute atomic E-state index is 13.0. The van der Waals surface area contributed by atoms with E-state index in [4.69, 9.17) is 5.73 Å². The second-order valence-corrected chi connectivity index (χ2v) is 8.13. The number of fused-ring (bicyclic) bond motifs is 1. The van der Waals surface area contributed by atoms with Gasteiger partial charge in [-0.1, -0.05) is 36.4 Å². The highest BCUT2D eigenvalue weighted by atomic mass is 32.1. The zero-order chi connectivity index (χ0) is 21.8. The maximum Gasteiger partial charge on any atom is 0.269 e. The third-order valence-electron chi connectivity index (χ3n) is 5.14. The number of aromatic amines is 1. The normalized spacial score (nSPS) is 11.9. The molecule has 0 radical (unpaired) electrons. The molecule has 7 nitrogen and oxygen atoms in total. The zero-order valence-corrected chi connectivity index (χ0v) is 17.9. The third-order valence-corrected chi connectivity index (χ3v) is 6.00. The first-order valence-electron chi connectivity index (χ1n) is 9.94. The number of nitrogens with two attached hydrogens (primary N) is 1. The average Bonchev–Trinajstić information content (AvgIpc) is 3.47. The van der Waals surface area contributed by atoms with E-state index in [1.165, 1.54) is 16.2 Å². The van der Waals surface area contributed by atoms with Crippen LogP contribution in [0.2, 0.25) is 0 Å². The monoisotopic (exact) mass is 433 g/mol. The van der Waals surface area contributed by atoms with Crippen molar-refractivity contribution in [3.63, 3.8) is 0 Å². The number of nitrogens with zero attached hydrogens (tertiary/aromatic N) is 2. The van der Waals surface area contributed by atoms with Gasteiger partial charge in [-0.2, -0.15) is 5.10 Å². The van der Waals surface area contributed by atoms with Gasteiger partial charge >= 0.3 is 0 Å². The van der Waals surface area contributed by atoms with Crippen molar-refractivity contribution in [2.24, 2.45) is 5.73 Å². The SMILES string of the molecule is CN(C(=O)c1cccs1)c1n[nH]c2ccc(NC(=O)C(CCN)c3ccccc3)cc12. The molecule has 0 aliphatic carbocycles. The number of carbonyl (C=O) groups is 2. The number of anilines is 2. The van der Waals surface area contributed by atoms with Crippen molar-refractivity contribution in [1.82, 2.24) is 10.2 Å². The van der Waals surface area contributed by atoms with Crippen LogP contribution in [-0.4, -0.2) is 35.6 Å². The van der Waals surface area contributed by atoms with Gasteiger partial charge in [0.2, 0.25) is 5.91 Å². The van der Waals surface area contributed by atoms with E-state index in [0.29, 0.717) is 29.3 Å². The Balaban J connectivity index is 1.59. The lowest BCUT2D eigenvalue weighted by Gasteiger charge is -2.17. The van der Waals surface area contributed by atoms with Gasteiger partial charge in [-0.15, -0.1) is 11.3 Å². The van der Waals surface area contributed by atoms with Crippen LogP contribution in [0.3, 0.4) is 0 Å². The molecule has 158 valence electrons. The maximum atomic E-state index is 13.0. The molecule has 0 fully saturated rings. The van der Waals surface area contributed by atoms with Crippen LogP contribution < -0.4 is 16.0 Å². The van der Waals surface area contributed by atoms with Gasteiger partial charge in [0.05, 0.1) is 16.3 Å². The molecule has 4 N–H and O–H groups in total. The lowest BCUT2D eigenvalue weighted by molar-refractivity contribution is -0.117. The van der Waals surface area contributed by atoms with Crippen molar-refractivity contribution in [2.45, 2.75) is 12.3 Å². The number of H-pyrrole nitrogens is 1. The predicted octanol–water partition coefficient (Wildman–Crippen LogP) is 3.97.